The Labute approximate surface area is 228 Å². The predicted molar refractivity (Wildman–Crippen MR) is 147 cm³/mol. The van der Waals surface area contributed by atoms with E-state index in [1.165, 1.54) is 0 Å². The van der Waals surface area contributed by atoms with Gasteiger partial charge in [0, 0.05) is 0 Å². The summed E-state index contributed by atoms with van der Waals surface area (Å²) in [6, 6.07) is 20.4. The lowest BCUT2D eigenvalue weighted by molar-refractivity contribution is -0.152. The SMILES string of the molecule is CC1(C)O[C@@H](CC/C=C/CC[C@@H]2OC(C)(C)O[C@@H]2COCc2ccccc2)[C@@H](COCc2ccccc2)O1. The molecule has 2 aliphatic rings. The predicted octanol–water partition coefficient (Wildman–Crippen LogP) is 6.58. The van der Waals surface area contributed by atoms with Crippen LogP contribution in [0.3, 0.4) is 0 Å². The van der Waals surface area contributed by atoms with E-state index in [9.17, 15) is 0 Å². The normalized spacial score (nSPS) is 26.3. The second kappa shape index (κ2) is 13.8. The zero-order chi connectivity index (χ0) is 26.8. The van der Waals surface area contributed by atoms with Crippen LogP contribution in [-0.2, 0) is 41.6 Å². The highest BCUT2D eigenvalue weighted by Gasteiger charge is 2.41. The first-order valence-electron chi connectivity index (χ1n) is 13.9. The molecule has 4 rings (SSSR count). The molecule has 0 radical (unpaired) electrons. The Kier molecular flexibility index (Phi) is 10.5. The van der Waals surface area contributed by atoms with E-state index in [1.807, 2.05) is 64.1 Å². The van der Waals surface area contributed by atoms with Crippen LogP contribution in [0.5, 0.6) is 0 Å². The number of hydrogen-bond acceptors (Lipinski definition) is 6. The van der Waals surface area contributed by atoms with Gasteiger partial charge in [-0.05, 0) is 64.5 Å². The molecule has 2 aromatic rings. The van der Waals surface area contributed by atoms with Gasteiger partial charge in [-0.3, -0.25) is 0 Å². The van der Waals surface area contributed by atoms with Crippen LogP contribution < -0.4 is 0 Å². The van der Waals surface area contributed by atoms with E-state index in [0.717, 1.165) is 36.8 Å². The van der Waals surface area contributed by atoms with Gasteiger partial charge in [-0.1, -0.05) is 72.8 Å². The van der Waals surface area contributed by atoms with Gasteiger partial charge in [-0.2, -0.15) is 0 Å². The van der Waals surface area contributed by atoms with Crippen LogP contribution in [0.15, 0.2) is 72.8 Å². The summed E-state index contributed by atoms with van der Waals surface area (Å²) < 4.78 is 36.5. The van der Waals surface area contributed by atoms with Crippen molar-refractivity contribution in [2.45, 2.75) is 103 Å². The molecule has 4 atom stereocenters. The van der Waals surface area contributed by atoms with Gasteiger partial charge in [0.05, 0.1) is 38.6 Å². The van der Waals surface area contributed by atoms with E-state index in [2.05, 4.69) is 36.4 Å². The summed E-state index contributed by atoms with van der Waals surface area (Å²) >= 11 is 0. The summed E-state index contributed by atoms with van der Waals surface area (Å²) in [5, 5.41) is 0. The van der Waals surface area contributed by atoms with Gasteiger partial charge < -0.3 is 28.4 Å². The maximum Gasteiger partial charge on any atom is 0.163 e. The Morgan fingerprint density at radius 3 is 1.34 bits per heavy atom. The molecule has 0 bridgehead atoms. The molecule has 6 nitrogen and oxygen atoms in total. The molecule has 2 heterocycles. The van der Waals surface area contributed by atoms with Crippen molar-refractivity contribution < 1.29 is 28.4 Å². The van der Waals surface area contributed by atoms with Crippen molar-refractivity contribution in [2.24, 2.45) is 0 Å². The molecule has 38 heavy (non-hydrogen) atoms. The highest BCUT2D eigenvalue weighted by Crippen LogP contribution is 2.32. The fourth-order valence-corrected chi connectivity index (χ4v) is 5.08. The van der Waals surface area contributed by atoms with Crippen LogP contribution in [0.2, 0.25) is 0 Å². The minimum Gasteiger partial charge on any atom is -0.374 e. The van der Waals surface area contributed by atoms with Gasteiger partial charge in [-0.15, -0.1) is 0 Å². The monoisotopic (exact) mass is 524 g/mol. The molecule has 2 saturated heterocycles. The van der Waals surface area contributed by atoms with Gasteiger partial charge in [-0.25, -0.2) is 0 Å². The molecular formula is C32H44O6. The van der Waals surface area contributed by atoms with E-state index < -0.39 is 11.6 Å². The van der Waals surface area contributed by atoms with E-state index in [-0.39, 0.29) is 24.4 Å². The summed E-state index contributed by atoms with van der Waals surface area (Å²) in [7, 11) is 0. The largest absolute Gasteiger partial charge is 0.374 e. The third kappa shape index (κ3) is 9.30. The van der Waals surface area contributed by atoms with Crippen LogP contribution in [0, 0.1) is 0 Å². The van der Waals surface area contributed by atoms with Gasteiger partial charge in [0.1, 0.15) is 12.2 Å². The molecule has 0 saturated carbocycles. The molecule has 0 unspecified atom stereocenters. The van der Waals surface area contributed by atoms with E-state index in [4.69, 9.17) is 28.4 Å². The zero-order valence-corrected chi connectivity index (χ0v) is 23.3. The quantitative estimate of drug-likeness (QED) is 0.260. The Hall–Kier alpha value is -2.06. The van der Waals surface area contributed by atoms with Crippen molar-refractivity contribution in [1.82, 2.24) is 0 Å². The number of rotatable bonds is 14. The molecule has 0 N–H and O–H groups in total. The summed E-state index contributed by atoms with van der Waals surface area (Å²) in [6.45, 7) is 10.1. The fraction of sp³-hybridized carbons (Fsp3) is 0.562. The van der Waals surface area contributed by atoms with Gasteiger partial charge >= 0.3 is 0 Å². The first-order valence-corrected chi connectivity index (χ1v) is 13.9. The molecule has 2 aromatic carbocycles. The maximum atomic E-state index is 6.17. The average molecular weight is 525 g/mol. The molecule has 0 amide bonds. The Balaban J connectivity index is 1.16. The lowest BCUT2D eigenvalue weighted by Gasteiger charge is -2.17. The van der Waals surface area contributed by atoms with Crippen molar-refractivity contribution >= 4 is 0 Å². The molecule has 0 spiro atoms. The highest BCUT2D eigenvalue weighted by molar-refractivity contribution is 5.14. The number of benzene rings is 2. The van der Waals surface area contributed by atoms with Gasteiger partial charge in [0.15, 0.2) is 11.6 Å². The highest BCUT2D eigenvalue weighted by atomic mass is 16.8. The second-order valence-corrected chi connectivity index (χ2v) is 11.1. The summed E-state index contributed by atoms with van der Waals surface area (Å²) in [5.41, 5.74) is 2.32. The molecule has 208 valence electrons. The van der Waals surface area contributed by atoms with Crippen molar-refractivity contribution in [3.8, 4) is 0 Å². The Morgan fingerprint density at radius 2 is 0.947 bits per heavy atom. The minimum absolute atomic E-state index is 0.0175. The van der Waals surface area contributed by atoms with E-state index in [1.54, 1.807) is 0 Å². The lowest BCUT2D eigenvalue weighted by atomic mass is 10.1. The van der Waals surface area contributed by atoms with Crippen molar-refractivity contribution in [3.63, 3.8) is 0 Å². The third-order valence-electron chi connectivity index (χ3n) is 6.76. The van der Waals surface area contributed by atoms with Crippen LogP contribution in [-0.4, -0.2) is 49.2 Å². The average Bonchev–Trinajstić information content (AvgIpc) is 3.35. The Morgan fingerprint density at radius 1 is 0.579 bits per heavy atom. The molecule has 2 aliphatic heterocycles. The Bertz CT molecular complexity index is 894. The van der Waals surface area contributed by atoms with E-state index >= 15 is 0 Å². The second-order valence-electron chi connectivity index (χ2n) is 11.1. The van der Waals surface area contributed by atoms with Crippen LogP contribution in [0.1, 0.15) is 64.5 Å². The van der Waals surface area contributed by atoms with Crippen molar-refractivity contribution in [1.29, 1.82) is 0 Å². The molecular weight excluding hydrogens is 480 g/mol. The molecule has 0 aromatic heterocycles. The summed E-state index contributed by atoms with van der Waals surface area (Å²) in [6.07, 6.45) is 8.02. The minimum atomic E-state index is -0.584. The summed E-state index contributed by atoms with van der Waals surface area (Å²) in [4.78, 5) is 0. The number of hydrogen-bond donors (Lipinski definition) is 0. The lowest BCUT2D eigenvalue weighted by Crippen LogP contribution is -2.28. The van der Waals surface area contributed by atoms with Crippen molar-refractivity contribution in [2.75, 3.05) is 13.2 Å². The fourth-order valence-electron chi connectivity index (χ4n) is 5.08. The summed E-state index contributed by atoms with van der Waals surface area (Å²) in [5.74, 6) is -1.17. The van der Waals surface area contributed by atoms with Gasteiger partial charge in [0.2, 0.25) is 0 Å². The number of allylic oxidation sites excluding steroid dienone is 2. The topological polar surface area (TPSA) is 55.4 Å². The number of ether oxygens (including phenoxy) is 6. The zero-order valence-electron chi connectivity index (χ0n) is 23.3. The first-order chi connectivity index (χ1) is 18.3. The maximum absolute atomic E-state index is 6.17. The van der Waals surface area contributed by atoms with Crippen LogP contribution in [0.25, 0.3) is 0 Å². The molecule has 6 heteroatoms. The van der Waals surface area contributed by atoms with Gasteiger partial charge in [0.25, 0.3) is 0 Å². The van der Waals surface area contributed by atoms with Crippen LogP contribution in [0.4, 0.5) is 0 Å². The molecule has 2 fully saturated rings. The first kappa shape index (κ1) is 28.9. The standard InChI is InChI=1S/C32H44O6/c1-31(2)35-27(29(37-31)23-33-21-25-15-9-7-10-16-25)19-13-5-6-14-20-28-30(38-32(3,4)36-28)24-34-22-26-17-11-8-12-18-26/h5-12,15-18,27-30H,13-14,19-24H2,1-4H3/b6-5+/t27-,28-,29+,30+/m0/s1. The molecule has 0 aliphatic carbocycles. The third-order valence-corrected chi connectivity index (χ3v) is 6.76. The van der Waals surface area contributed by atoms with Crippen LogP contribution >= 0.6 is 0 Å². The van der Waals surface area contributed by atoms with Crippen molar-refractivity contribution in [3.05, 3.63) is 83.9 Å². The van der Waals surface area contributed by atoms with E-state index in [0.29, 0.717) is 26.4 Å². The smallest absolute Gasteiger partial charge is 0.163 e.